The average molecular weight is 519 g/mol. The van der Waals surface area contributed by atoms with E-state index in [2.05, 4.69) is 59.2 Å². The van der Waals surface area contributed by atoms with Crippen LogP contribution in [0.15, 0.2) is 48.7 Å². The molecule has 1 saturated heterocycles. The van der Waals surface area contributed by atoms with Gasteiger partial charge in [-0.15, -0.1) is 0 Å². The van der Waals surface area contributed by atoms with E-state index >= 15 is 0 Å². The predicted octanol–water partition coefficient (Wildman–Crippen LogP) is 4.90. The number of Topliss-reactive ketones (excluding diaryl/α,β-unsaturated/α-hetero) is 1. The SMILES string of the molecule is COc1cc(CC(=O)CCN2CC3(CCC(c4ccccc4)(N(C)C)CC3)N(CC3CCC3)C2=O)ccn1. The minimum absolute atomic E-state index is 0.00726. The Morgan fingerprint density at radius 3 is 2.47 bits per heavy atom. The molecule has 2 heterocycles. The number of urea groups is 1. The van der Waals surface area contributed by atoms with Gasteiger partial charge < -0.3 is 14.5 Å². The van der Waals surface area contributed by atoms with Gasteiger partial charge in [0.2, 0.25) is 5.88 Å². The van der Waals surface area contributed by atoms with Gasteiger partial charge in [-0.2, -0.15) is 0 Å². The van der Waals surface area contributed by atoms with Crippen LogP contribution in [0.5, 0.6) is 5.88 Å². The second kappa shape index (κ2) is 11.0. The highest BCUT2D eigenvalue weighted by molar-refractivity contribution is 5.83. The molecule has 38 heavy (non-hydrogen) atoms. The molecule has 1 aromatic heterocycles. The van der Waals surface area contributed by atoms with Crippen molar-refractivity contribution in [2.45, 2.75) is 68.9 Å². The van der Waals surface area contributed by atoms with Crippen molar-refractivity contribution < 1.29 is 14.3 Å². The smallest absolute Gasteiger partial charge is 0.320 e. The summed E-state index contributed by atoms with van der Waals surface area (Å²) in [5.74, 6) is 1.27. The molecule has 0 unspecified atom stereocenters. The number of amides is 2. The first kappa shape index (κ1) is 26.7. The fourth-order valence-electron chi connectivity index (χ4n) is 6.81. The first-order valence-corrected chi connectivity index (χ1v) is 14.2. The van der Waals surface area contributed by atoms with E-state index in [1.54, 1.807) is 19.4 Å². The van der Waals surface area contributed by atoms with Crippen LogP contribution in [0.4, 0.5) is 4.79 Å². The fourth-order valence-corrected chi connectivity index (χ4v) is 6.81. The van der Waals surface area contributed by atoms with Crippen molar-refractivity contribution >= 4 is 11.8 Å². The van der Waals surface area contributed by atoms with Crippen molar-refractivity contribution in [2.75, 3.05) is 40.8 Å². The van der Waals surface area contributed by atoms with E-state index in [4.69, 9.17) is 4.74 Å². The number of carbonyl (C=O) groups excluding carboxylic acids is 2. The Kier molecular flexibility index (Phi) is 7.75. The number of hydrogen-bond acceptors (Lipinski definition) is 5. The van der Waals surface area contributed by atoms with Crippen LogP contribution < -0.4 is 4.74 Å². The first-order chi connectivity index (χ1) is 18.3. The number of nitrogens with zero attached hydrogens (tertiary/aromatic N) is 4. The largest absolute Gasteiger partial charge is 0.481 e. The molecule has 2 aromatic rings. The zero-order valence-electron chi connectivity index (χ0n) is 23.2. The lowest BCUT2D eigenvalue weighted by atomic mass is 9.68. The number of pyridine rings is 1. The van der Waals surface area contributed by atoms with Crippen molar-refractivity contribution in [1.82, 2.24) is 19.7 Å². The third-order valence-corrected chi connectivity index (χ3v) is 9.47. The Bertz CT molecular complexity index is 1120. The molecule has 5 rings (SSSR count). The van der Waals surface area contributed by atoms with E-state index in [1.165, 1.54) is 24.8 Å². The van der Waals surface area contributed by atoms with Crippen molar-refractivity contribution in [2.24, 2.45) is 5.92 Å². The molecule has 7 nitrogen and oxygen atoms in total. The summed E-state index contributed by atoms with van der Waals surface area (Å²) < 4.78 is 5.19. The van der Waals surface area contributed by atoms with Crippen LogP contribution in [-0.2, 0) is 16.8 Å². The molecule has 2 amide bonds. The second-order valence-electron chi connectivity index (χ2n) is 11.8. The Morgan fingerprint density at radius 1 is 1.11 bits per heavy atom. The quantitative estimate of drug-likeness (QED) is 0.448. The molecule has 3 fully saturated rings. The van der Waals surface area contributed by atoms with Gasteiger partial charge >= 0.3 is 6.03 Å². The third kappa shape index (κ3) is 5.18. The molecule has 1 aliphatic heterocycles. The summed E-state index contributed by atoms with van der Waals surface area (Å²) in [6.07, 6.45) is 10.1. The van der Waals surface area contributed by atoms with E-state index in [9.17, 15) is 9.59 Å². The predicted molar refractivity (Wildman–Crippen MR) is 148 cm³/mol. The van der Waals surface area contributed by atoms with Crippen molar-refractivity contribution in [1.29, 1.82) is 0 Å². The monoisotopic (exact) mass is 518 g/mol. The minimum Gasteiger partial charge on any atom is -0.481 e. The molecule has 1 aromatic carbocycles. The number of aromatic nitrogens is 1. The molecular weight excluding hydrogens is 476 g/mol. The van der Waals surface area contributed by atoms with Crippen molar-refractivity contribution in [3.05, 3.63) is 59.8 Å². The molecule has 7 heteroatoms. The summed E-state index contributed by atoms with van der Waals surface area (Å²) in [5, 5.41) is 0. The Hall–Kier alpha value is -2.93. The molecule has 0 N–H and O–H groups in total. The van der Waals surface area contributed by atoms with Crippen LogP contribution in [-0.4, -0.2) is 77.9 Å². The van der Waals surface area contributed by atoms with E-state index < -0.39 is 0 Å². The van der Waals surface area contributed by atoms with E-state index in [1.807, 2.05) is 11.0 Å². The van der Waals surface area contributed by atoms with Crippen molar-refractivity contribution in [3.63, 3.8) is 0 Å². The molecule has 2 aliphatic carbocycles. The molecule has 1 spiro atoms. The molecule has 0 bridgehead atoms. The lowest BCUT2D eigenvalue weighted by molar-refractivity contribution is -0.118. The third-order valence-electron chi connectivity index (χ3n) is 9.47. The maximum Gasteiger partial charge on any atom is 0.320 e. The van der Waals surface area contributed by atoms with Crippen molar-refractivity contribution in [3.8, 4) is 5.88 Å². The summed E-state index contributed by atoms with van der Waals surface area (Å²) in [7, 11) is 5.95. The Balaban J connectivity index is 1.28. The summed E-state index contributed by atoms with van der Waals surface area (Å²) in [5.41, 5.74) is 2.12. The van der Waals surface area contributed by atoms with Gasteiger partial charge in [0.25, 0.3) is 0 Å². The zero-order valence-corrected chi connectivity index (χ0v) is 23.2. The van der Waals surface area contributed by atoms with Crippen LogP contribution in [0.25, 0.3) is 0 Å². The highest BCUT2D eigenvalue weighted by Gasteiger charge is 2.54. The molecule has 0 atom stereocenters. The fraction of sp³-hybridized carbons (Fsp3) is 0.581. The first-order valence-electron chi connectivity index (χ1n) is 14.2. The summed E-state index contributed by atoms with van der Waals surface area (Å²) >= 11 is 0. The second-order valence-corrected chi connectivity index (χ2v) is 11.8. The normalized spacial score (nSPS) is 25.7. The summed E-state index contributed by atoms with van der Waals surface area (Å²) in [6, 6.07) is 14.6. The Labute approximate surface area is 227 Å². The average Bonchev–Trinajstić information content (AvgIpc) is 3.16. The van der Waals surface area contributed by atoms with Crippen LogP contribution in [0.2, 0.25) is 0 Å². The summed E-state index contributed by atoms with van der Waals surface area (Å²) in [4.78, 5) is 37.3. The number of hydrogen-bond donors (Lipinski definition) is 0. The standard InChI is InChI=1S/C31H42N4O3/c1-33(2)31(26-10-5-4-6-11-26)16-14-30(15-17-31)23-34(29(37)35(30)22-24-8-7-9-24)19-13-27(36)20-25-12-18-32-28(21-25)38-3/h4-6,10-12,18,21,24H,7-9,13-17,19-20,22-23H2,1-3H3. The topological polar surface area (TPSA) is 66.0 Å². The number of rotatable bonds is 10. The Morgan fingerprint density at radius 2 is 1.84 bits per heavy atom. The highest BCUT2D eigenvalue weighted by atomic mass is 16.5. The number of benzene rings is 1. The maximum atomic E-state index is 13.8. The molecular formula is C31H42N4O3. The lowest BCUT2D eigenvalue weighted by Gasteiger charge is -2.51. The molecule has 2 saturated carbocycles. The van der Waals surface area contributed by atoms with Gasteiger partial charge in [0.15, 0.2) is 0 Å². The molecule has 3 aliphatic rings. The van der Waals surface area contributed by atoms with Crippen LogP contribution in [0.1, 0.15) is 62.5 Å². The molecule has 0 radical (unpaired) electrons. The van der Waals surface area contributed by atoms with Gasteiger partial charge in [0, 0.05) is 50.3 Å². The molecule has 204 valence electrons. The van der Waals surface area contributed by atoms with Crippen LogP contribution in [0, 0.1) is 5.92 Å². The number of carbonyl (C=O) groups is 2. The lowest BCUT2D eigenvalue weighted by Crippen LogP contribution is -2.56. The maximum absolute atomic E-state index is 13.8. The van der Waals surface area contributed by atoms with Crippen LogP contribution >= 0.6 is 0 Å². The van der Waals surface area contributed by atoms with E-state index in [-0.39, 0.29) is 22.9 Å². The van der Waals surface area contributed by atoms with Gasteiger partial charge in [0.05, 0.1) is 12.6 Å². The van der Waals surface area contributed by atoms with Gasteiger partial charge in [-0.25, -0.2) is 9.78 Å². The highest BCUT2D eigenvalue weighted by Crippen LogP contribution is 2.49. The number of ketones is 1. The summed E-state index contributed by atoms with van der Waals surface area (Å²) in [6.45, 7) is 2.08. The van der Waals surface area contributed by atoms with Crippen LogP contribution in [0.3, 0.4) is 0 Å². The zero-order chi connectivity index (χ0) is 26.8. The number of ether oxygens (including phenoxy) is 1. The van der Waals surface area contributed by atoms with Gasteiger partial charge in [-0.3, -0.25) is 9.69 Å². The van der Waals surface area contributed by atoms with Gasteiger partial charge in [-0.05, 0) is 75.7 Å². The minimum atomic E-state index is -0.136. The van der Waals surface area contributed by atoms with Gasteiger partial charge in [-0.1, -0.05) is 36.8 Å². The number of methoxy groups -OCH3 is 1. The van der Waals surface area contributed by atoms with E-state index in [0.29, 0.717) is 31.2 Å². The van der Waals surface area contributed by atoms with E-state index in [0.717, 1.165) is 44.3 Å². The van der Waals surface area contributed by atoms with Gasteiger partial charge in [0.1, 0.15) is 5.78 Å².